The van der Waals surface area contributed by atoms with Crippen molar-refractivity contribution in [3.05, 3.63) is 11.9 Å². The summed E-state index contributed by atoms with van der Waals surface area (Å²) in [4.78, 5) is 10.1. The fourth-order valence-electron chi connectivity index (χ4n) is 1.70. The van der Waals surface area contributed by atoms with Crippen molar-refractivity contribution in [3.8, 4) is 0 Å². The summed E-state index contributed by atoms with van der Waals surface area (Å²) in [5.41, 5.74) is 4.80. The summed E-state index contributed by atoms with van der Waals surface area (Å²) in [6, 6.07) is 1.65. The van der Waals surface area contributed by atoms with Gasteiger partial charge in [0, 0.05) is 19.2 Å². The van der Waals surface area contributed by atoms with Crippen molar-refractivity contribution in [3.63, 3.8) is 0 Å². The van der Waals surface area contributed by atoms with Crippen LogP contribution < -0.4 is 11.1 Å². The van der Waals surface area contributed by atoms with Gasteiger partial charge in [0.2, 0.25) is 0 Å². The Kier molecular flexibility index (Phi) is 4.25. The van der Waals surface area contributed by atoms with Gasteiger partial charge in [0.15, 0.2) is 0 Å². The number of likely N-dealkylation sites (N-methyl/N-ethyl adjacent to an activating group) is 1. The van der Waals surface area contributed by atoms with Crippen LogP contribution in [0.1, 0.15) is 12.7 Å². The highest BCUT2D eigenvalue weighted by Crippen LogP contribution is 2.10. The van der Waals surface area contributed by atoms with Gasteiger partial charge in [-0.1, -0.05) is 0 Å². The maximum atomic E-state index is 10.1. The molecule has 1 unspecified atom stereocenters. The first kappa shape index (κ1) is 13.7. The number of nitrogens with one attached hydrogen (secondary N) is 1. The van der Waals surface area contributed by atoms with Gasteiger partial charge in [-0.05, 0) is 27.9 Å². The molecule has 1 rings (SSSR count). The Morgan fingerprint density at radius 2 is 2.12 bits per heavy atom. The second-order valence-electron chi connectivity index (χ2n) is 4.81. The van der Waals surface area contributed by atoms with Crippen molar-refractivity contribution < 1.29 is 5.11 Å². The van der Waals surface area contributed by atoms with Crippen LogP contribution >= 0.6 is 0 Å². The Morgan fingerprint density at radius 1 is 1.47 bits per heavy atom. The number of hydrogen-bond acceptors (Lipinski definition) is 6. The molecule has 0 saturated carbocycles. The van der Waals surface area contributed by atoms with Gasteiger partial charge in [-0.2, -0.15) is 0 Å². The number of anilines is 2. The second-order valence-corrected chi connectivity index (χ2v) is 4.81. The highest BCUT2D eigenvalue weighted by molar-refractivity contribution is 5.44. The number of aromatic nitrogens is 2. The number of nitrogens with two attached hydrogens (primary N) is 1. The van der Waals surface area contributed by atoms with E-state index in [4.69, 9.17) is 5.73 Å². The molecule has 0 aliphatic rings. The van der Waals surface area contributed by atoms with Crippen molar-refractivity contribution in [2.75, 3.05) is 38.2 Å². The first-order valence-electron chi connectivity index (χ1n) is 5.51. The van der Waals surface area contributed by atoms with E-state index < -0.39 is 5.60 Å². The molecule has 0 radical (unpaired) electrons. The van der Waals surface area contributed by atoms with Crippen molar-refractivity contribution in [2.45, 2.75) is 19.4 Å². The van der Waals surface area contributed by atoms with Gasteiger partial charge < -0.3 is 21.1 Å². The Bertz CT molecular complexity index is 358. The molecule has 0 fully saturated rings. The van der Waals surface area contributed by atoms with Crippen LogP contribution in [0, 0.1) is 6.92 Å². The maximum absolute atomic E-state index is 10.1. The average Bonchev–Trinajstić information content (AvgIpc) is 2.11. The molecule has 1 heterocycles. The molecule has 6 nitrogen and oxygen atoms in total. The highest BCUT2D eigenvalue weighted by Gasteiger charge is 2.21. The SMILES string of the molecule is Cc1nc(N)cc(NCC(C)(O)CN(C)C)n1. The summed E-state index contributed by atoms with van der Waals surface area (Å²) in [6.45, 7) is 4.53. The van der Waals surface area contributed by atoms with Crippen LogP contribution in [0.5, 0.6) is 0 Å². The van der Waals surface area contributed by atoms with E-state index in [9.17, 15) is 5.11 Å². The lowest BCUT2D eigenvalue weighted by molar-refractivity contribution is 0.0459. The number of nitrogens with zero attached hydrogens (tertiary/aromatic N) is 3. The molecule has 17 heavy (non-hydrogen) atoms. The molecule has 1 aromatic heterocycles. The minimum atomic E-state index is -0.822. The Hall–Kier alpha value is -1.40. The van der Waals surface area contributed by atoms with Crippen molar-refractivity contribution in [2.24, 2.45) is 0 Å². The summed E-state index contributed by atoms with van der Waals surface area (Å²) in [5, 5.41) is 13.2. The first-order valence-corrected chi connectivity index (χ1v) is 5.51. The molecule has 0 aliphatic heterocycles. The molecular formula is C11H21N5O. The number of rotatable bonds is 5. The molecule has 1 aromatic rings. The summed E-state index contributed by atoms with van der Waals surface area (Å²) in [7, 11) is 3.84. The van der Waals surface area contributed by atoms with Crippen molar-refractivity contribution in [1.82, 2.24) is 14.9 Å². The van der Waals surface area contributed by atoms with E-state index in [0.29, 0.717) is 30.5 Å². The quantitative estimate of drug-likeness (QED) is 0.675. The molecule has 0 aromatic carbocycles. The zero-order chi connectivity index (χ0) is 13.1. The molecule has 0 bridgehead atoms. The predicted molar refractivity (Wildman–Crippen MR) is 68.8 cm³/mol. The molecular weight excluding hydrogens is 218 g/mol. The van der Waals surface area contributed by atoms with E-state index in [0.717, 1.165) is 0 Å². The van der Waals surface area contributed by atoms with E-state index in [1.54, 1.807) is 19.9 Å². The van der Waals surface area contributed by atoms with E-state index in [2.05, 4.69) is 15.3 Å². The van der Waals surface area contributed by atoms with Crippen LogP contribution in [0.15, 0.2) is 6.07 Å². The largest absolute Gasteiger partial charge is 0.387 e. The third-order valence-corrected chi connectivity index (χ3v) is 2.16. The van der Waals surface area contributed by atoms with E-state index in [1.807, 2.05) is 19.0 Å². The number of aliphatic hydroxyl groups is 1. The molecule has 0 saturated heterocycles. The lowest BCUT2D eigenvalue weighted by Crippen LogP contribution is -2.43. The van der Waals surface area contributed by atoms with Gasteiger partial charge in [0.25, 0.3) is 0 Å². The third-order valence-electron chi connectivity index (χ3n) is 2.16. The molecule has 0 spiro atoms. The van der Waals surface area contributed by atoms with E-state index in [1.165, 1.54) is 0 Å². The summed E-state index contributed by atoms with van der Waals surface area (Å²) in [6.07, 6.45) is 0. The maximum Gasteiger partial charge on any atom is 0.131 e. The molecule has 6 heteroatoms. The summed E-state index contributed by atoms with van der Waals surface area (Å²) >= 11 is 0. The minimum absolute atomic E-state index is 0.404. The highest BCUT2D eigenvalue weighted by atomic mass is 16.3. The number of hydrogen-bond donors (Lipinski definition) is 3. The Labute approximate surface area is 102 Å². The van der Waals surface area contributed by atoms with Crippen LogP contribution in [0.4, 0.5) is 11.6 Å². The molecule has 0 aliphatic carbocycles. The van der Waals surface area contributed by atoms with Gasteiger partial charge in [0.05, 0.1) is 5.60 Å². The summed E-state index contributed by atoms with van der Waals surface area (Å²) < 4.78 is 0. The first-order chi connectivity index (χ1) is 7.78. The molecule has 4 N–H and O–H groups in total. The van der Waals surface area contributed by atoms with Crippen LogP contribution in [0.2, 0.25) is 0 Å². The summed E-state index contributed by atoms with van der Waals surface area (Å²) in [5.74, 6) is 1.67. The fourth-order valence-corrected chi connectivity index (χ4v) is 1.70. The lowest BCUT2D eigenvalue weighted by Gasteiger charge is -2.27. The smallest absolute Gasteiger partial charge is 0.131 e. The fraction of sp³-hybridized carbons (Fsp3) is 0.636. The van der Waals surface area contributed by atoms with Crippen LogP contribution in [0.25, 0.3) is 0 Å². The van der Waals surface area contributed by atoms with E-state index >= 15 is 0 Å². The molecule has 96 valence electrons. The Balaban J connectivity index is 2.60. The standard InChI is InChI=1S/C11H21N5O/c1-8-14-9(12)5-10(15-8)13-6-11(2,17)7-16(3)4/h5,17H,6-7H2,1-4H3,(H3,12,13,14,15). The predicted octanol–water partition coefficient (Wildman–Crippen LogP) is 0.0917. The Morgan fingerprint density at radius 3 is 2.65 bits per heavy atom. The topological polar surface area (TPSA) is 87.3 Å². The average molecular weight is 239 g/mol. The minimum Gasteiger partial charge on any atom is -0.387 e. The van der Waals surface area contributed by atoms with Crippen molar-refractivity contribution >= 4 is 11.6 Å². The molecule has 0 amide bonds. The van der Waals surface area contributed by atoms with Crippen LogP contribution in [0.3, 0.4) is 0 Å². The number of aryl methyl sites for hydroxylation is 1. The van der Waals surface area contributed by atoms with Crippen LogP contribution in [-0.2, 0) is 0 Å². The van der Waals surface area contributed by atoms with Gasteiger partial charge in [-0.3, -0.25) is 0 Å². The van der Waals surface area contributed by atoms with Gasteiger partial charge in [0.1, 0.15) is 17.5 Å². The van der Waals surface area contributed by atoms with Gasteiger partial charge in [-0.15, -0.1) is 0 Å². The second kappa shape index (κ2) is 5.29. The van der Waals surface area contributed by atoms with E-state index in [-0.39, 0.29) is 0 Å². The van der Waals surface area contributed by atoms with Gasteiger partial charge >= 0.3 is 0 Å². The monoisotopic (exact) mass is 239 g/mol. The molecule has 1 atom stereocenters. The number of nitrogen functional groups attached to an aromatic ring is 1. The van der Waals surface area contributed by atoms with Crippen molar-refractivity contribution in [1.29, 1.82) is 0 Å². The zero-order valence-electron chi connectivity index (χ0n) is 10.9. The zero-order valence-corrected chi connectivity index (χ0v) is 10.9. The van der Waals surface area contributed by atoms with Crippen LogP contribution in [-0.4, -0.2) is 52.8 Å². The lowest BCUT2D eigenvalue weighted by atomic mass is 10.1. The normalized spacial score (nSPS) is 14.7. The third kappa shape index (κ3) is 4.97. The van der Waals surface area contributed by atoms with Gasteiger partial charge in [-0.25, -0.2) is 9.97 Å².